The molecule has 0 unspecified atom stereocenters. The minimum absolute atomic E-state index is 0.128. The molecule has 0 atom stereocenters. The van der Waals surface area contributed by atoms with Gasteiger partial charge in [0.05, 0.1) is 10.4 Å². The Balaban J connectivity index is 2.72. The summed E-state index contributed by atoms with van der Waals surface area (Å²) in [6.45, 7) is 1.15. The minimum Gasteiger partial charge on any atom is -0.419 e. The maximum atomic E-state index is 10.9. The quantitative estimate of drug-likeness (QED) is 0.272. The first-order valence-corrected chi connectivity index (χ1v) is 5.14. The number of nitro benzene ring substituents is 1. The lowest BCUT2D eigenvalue weighted by molar-refractivity contribution is -0.385. The number of rotatable bonds is 2. The SMILES string of the molecule is CC(=O)Oc1cc2c(Cl)ncnc2cc1[N+](=O)[O-]. The molecule has 1 heterocycles. The fraction of sp³-hybridized carbons (Fsp3) is 0.100. The van der Waals surface area contributed by atoms with Crippen LogP contribution in [-0.4, -0.2) is 20.9 Å². The predicted octanol–water partition coefficient (Wildman–Crippen LogP) is 2.12. The Morgan fingerprint density at radius 1 is 1.44 bits per heavy atom. The number of esters is 1. The number of nitro groups is 1. The first-order valence-electron chi connectivity index (χ1n) is 4.76. The molecule has 0 aliphatic carbocycles. The lowest BCUT2D eigenvalue weighted by atomic mass is 10.2. The molecular formula is C10H6ClN3O4. The third-order valence-electron chi connectivity index (χ3n) is 2.12. The van der Waals surface area contributed by atoms with Crippen molar-refractivity contribution >= 4 is 34.2 Å². The molecular weight excluding hydrogens is 262 g/mol. The van der Waals surface area contributed by atoms with E-state index in [9.17, 15) is 14.9 Å². The maximum absolute atomic E-state index is 10.9. The number of carbonyl (C=O) groups is 1. The van der Waals surface area contributed by atoms with Gasteiger partial charge < -0.3 is 4.74 Å². The fourth-order valence-electron chi connectivity index (χ4n) is 1.42. The normalized spacial score (nSPS) is 10.3. The number of benzene rings is 1. The first kappa shape index (κ1) is 12.2. The molecule has 0 amide bonds. The van der Waals surface area contributed by atoms with E-state index in [1.807, 2.05) is 0 Å². The zero-order chi connectivity index (χ0) is 13.3. The number of ether oxygens (including phenoxy) is 1. The van der Waals surface area contributed by atoms with Crippen LogP contribution < -0.4 is 4.74 Å². The van der Waals surface area contributed by atoms with Crippen LogP contribution in [0, 0.1) is 10.1 Å². The summed E-state index contributed by atoms with van der Waals surface area (Å²) in [6.07, 6.45) is 1.19. The highest BCUT2D eigenvalue weighted by atomic mass is 35.5. The van der Waals surface area contributed by atoms with Gasteiger partial charge in [0, 0.05) is 24.4 Å². The summed E-state index contributed by atoms with van der Waals surface area (Å²) in [4.78, 5) is 28.7. The van der Waals surface area contributed by atoms with E-state index in [0.29, 0.717) is 10.9 Å². The highest BCUT2D eigenvalue weighted by molar-refractivity contribution is 6.34. The van der Waals surface area contributed by atoms with Crippen LogP contribution in [0.1, 0.15) is 6.92 Å². The molecule has 18 heavy (non-hydrogen) atoms. The summed E-state index contributed by atoms with van der Waals surface area (Å²) in [7, 11) is 0. The average Bonchev–Trinajstić information content (AvgIpc) is 2.28. The lowest BCUT2D eigenvalue weighted by Gasteiger charge is -2.05. The topological polar surface area (TPSA) is 95.2 Å². The van der Waals surface area contributed by atoms with Gasteiger partial charge in [0.25, 0.3) is 0 Å². The first-order chi connectivity index (χ1) is 8.49. The van der Waals surface area contributed by atoms with Crippen LogP contribution in [-0.2, 0) is 4.79 Å². The molecule has 92 valence electrons. The molecule has 0 bridgehead atoms. The van der Waals surface area contributed by atoms with Crippen molar-refractivity contribution in [3.05, 3.63) is 33.7 Å². The van der Waals surface area contributed by atoms with Gasteiger partial charge >= 0.3 is 11.7 Å². The molecule has 0 saturated heterocycles. The molecule has 2 rings (SSSR count). The Morgan fingerprint density at radius 3 is 2.78 bits per heavy atom. The molecule has 7 nitrogen and oxygen atoms in total. The minimum atomic E-state index is -0.662. The lowest BCUT2D eigenvalue weighted by Crippen LogP contribution is -2.04. The third-order valence-corrected chi connectivity index (χ3v) is 2.42. The molecule has 0 saturated carbocycles. The fourth-order valence-corrected chi connectivity index (χ4v) is 1.61. The van der Waals surface area contributed by atoms with E-state index in [2.05, 4.69) is 9.97 Å². The molecule has 0 aliphatic rings. The molecule has 0 radical (unpaired) electrons. The van der Waals surface area contributed by atoms with Crippen LogP contribution in [0.15, 0.2) is 18.5 Å². The second-order valence-corrected chi connectivity index (χ2v) is 3.71. The smallest absolute Gasteiger partial charge is 0.313 e. The number of hydrogen-bond acceptors (Lipinski definition) is 6. The van der Waals surface area contributed by atoms with Gasteiger partial charge in [-0.2, -0.15) is 0 Å². The number of halogens is 1. The number of fused-ring (bicyclic) bond motifs is 1. The van der Waals surface area contributed by atoms with Gasteiger partial charge in [-0.25, -0.2) is 9.97 Å². The molecule has 1 aromatic carbocycles. The summed E-state index contributed by atoms with van der Waals surface area (Å²) in [5.41, 5.74) is -0.0509. The number of carbonyl (C=O) groups excluding carboxylic acids is 1. The van der Waals surface area contributed by atoms with Crippen LogP contribution in [0.4, 0.5) is 5.69 Å². The summed E-state index contributed by atoms with van der Waals surface area (Å²) < 4.78 is 4.77. The average molecular weight is 268 g/mol. The van der Waals surface area contributed by atoms with Gasteiger partial charge in [0.15, 0.2) is 0 Å². The second-order valence-electron chi connectivity index (χ2n) is 3.35. The Labute approximate surface area is 106 Å². The van der Waals surface area contributed by atoms with Gasteiger partial charge in [-0.15, -0.1) is 0 Å². The van der Waals surface area contributed by atoms with Crippen molar-refractivity contribution < 1.29 is 14.5 Å². The molecule has 8 heteroatoms. The number of hydrogen-bond donors (Lipinski definition) is 0. The van der Waals surface area contributed by atoms with E-state index in [1.165, 1.54) is 18.5 Å². The highest BCUT2D eigenvalue weighted by Crippen LogP contribution is 2.33. The van der Waals surface area contributed by atoms with Gasteiger partial charge in [0.1, 0.15) is 11.5 Å². The molecule has 1 aromatic heterocycles. The van der Waals surface area contributed by atoms with Crippen molar-refractivity contribution in [2.75, 3.05) is 0 Å². The monoisotopic (exact) mass is 267 g/mol. The van der Waals surface area contributed by atoms with E-state index < -0.39 is 10.9 Å². The summed E-state index contributed by atoms with van der Waals surface area (Å²) in [6, 6.07) is 2.46. The molecule has 0 fully saturated rings. The predicted molar refractivity (Wildman–Crippen MR) is 62.5 cm³/mol. The Bertz CT molecular complexity index is 659. The van der Waals surface area contributed by atoms with E-state index in [-0.39, 0.29) is 16.6 Å². The second kappa shape index (κ2) is 4.53. The van der Waals surface area contributed by atoms with Crippen molar-refractivity contribution in [1.29, 1.82) is 0 Å². The number of nitrogens with zero attached hydrogens (tertiary/aromatic N) is 3. The van der Waals surface area contributed by atoms with Crippen LogP contribution in [0.25, 0.3) is 10.9 Å². The summed E-state index contributed by atoms with van der Waals surface area (Å²) >= 11 is 5.84. The Kier molecular flexibility index (Phi) is 3.07. The van der Waals surface area contributed by atoms with Crippen LogP contribution >= 0.6 is 11.6 Å². The molecule has 2 aromatic rings. The molecule has 0 N–H and O–H groups in total. The molecule has 0 aliphatic heterocycles. The van der Waals surface area contributed by atoms with Gasteiger partial charge in [0.2, 0.25) is 5.75 Å². The van der Waals surface area contributed by atoms with Crippen molar-refractivity contribution in [3.8, 4) is 5.75 Å². The van der Waals surface area contributed by atoms with Crippen LogP contribution in [0.2, 0.25) is 5.15 Å². The largest absolute Gasteiger partial charge is 0.419 e. The van der Waals surface area contributed by atoms with E-state index >= 15 is 0 Å². The summed E-state index contributed by atoms with van der Waals surface area (Å²) in [5.74, 6) is -0.845. The highest BCUT2D eigenvalue weighted by Gasteiger charge is 2.19. The summed E-state index contributed by atoms with van der Waals surface area (Å²) in [5, 5.41) is 11.4. The zero-order valence-corrected chi connectivity index (χ0v) is 9.84. The van der Waals surface area contributed by atoms with Crippen molar-refractivity contribution in [1.82, 2.24) is 9.97 Å². The zero-order valence-electron chi connectivity index (χ0n) is 9.08. The number of aromatic nitrogens is 2. The van der Waals surface area contributed by atoms with Crippen LogP contribution in [0.5, 0.6) is 5.75 Å². The van der Waals surface area contributed by atoms with E-state index in [0.717, 1.165) is 6.92 Å². The van der Waals surface area contributed by atoms with Crippen LogP contribution in [0.3, 0.4) is 0 Å². The third kappa shape index (κ3) is 2.21. The van der Waals surface area contributed by atoms with Gasteiger partial charge in [-0.1, -0.05) is 11.6 Å². The van der Waals surface area contributed by atoms with E-state index in [1.54, 1.807) is 0 Å². The standard InChI is InChI=1S/C10H6ClN3O4/c1-5(15)18-9-2-6-7(3-8(9)14(16)17)12-4-13-10(6)11/h2-4H,1H3. The maximum Gasteiger partial charge on any atom is 0.313 e. The molecule has 0 spiro atoms. The van der Waals surface area contributed by atoms with Crippen molar-refractivity contribution in [2.45, 2.75) is 6.92 Å². The van der Waals surface area contributed by atoms with Gasteiger partial charge in [-0.3, -0.25) is 14.9 Å². The van der Waals surface area contributed by atoms with E-state index in [4.69, 9.17) is 16.3 Å². The Morgan fingerprint density at radius 2 is 2.17 bits per heavy atom. The van der Waals surface area contributed by atoms with Gasteiger partial charge in [-0.05, 0) is 0 Å². The van der Waals surface area contributed by atoms with Crippen molar-refractivity contribution in [3.63, 3.8) is 0 Å². The Hall–Kier alpha value is -2.28. The van der Waals surface area contributed by atoms with Crippen molar-refractivity contribution in [2.24, 2.45) is 0 Å².